The van der Waals surface area contributed by atoms with E-state index in [0.717, 1.165) is 27.6 Å². The van der Waals surface area contributed by atoms with Crippen LogP contribution in [-0.2, 0) is 22.4 Å². The summed E-state index contributed by atoms with van der Waals surface area (Å²) in [6.45, 7) is 5.51. The fraction of sp³-hybridized carbons (Fsp3) is 0.258. The van der Waals surface area contributed by atoms with Crippen molar-refractivity contribution in [3.63, 3.8) is 0 Å². The molecule has 3 unspecified atom stereocenters. The number of fused-ring (bicyclic) bond motifs is 3. The Bertz CT molecular complexity index is 1670. The number of carbonyl (C=O) groups excluding carboxylic acids is 1. The third-order valence-electron chi connectivity index (χ3n) is 8.02. The molecule has 2 aromatic heterocycles. The summed E-state index contributed by atoms with van der Waals surface area (Å²) >= 11 is 0. The van der Waals surface area contributed by atoms with Crippen LogP contribution >= 0.6 is 0 Å². The Balaban J connectivity index is 1.60. The third-order valence-corrected chi connectivity index (χ3v) is 8.02. The normalized spacial score (nSPS) is 24.1. The first-order chi connectivity index (χ1) is 18.2. The number of nitrogens with two attached hydrogens (primary N) is 1. The van der Waals surface area contributed by atoms with Crippen LogP contribution in [-0.4, -0.2) is 22.2 Å². The van der Waals surface area contributed by atoms with E-state index in [2.05, 4.69) is 17.1 Å². The summed E-state index contributed by atoms with van der Waals surface area (Å²) in [6.07, 6.45) is 4.45. The van der Waals surface area contributed by atoms with E-state index < -0.39 is 22.8 Å². The Hall–Kier alpha value is -4.39. The first-order valence-electron chi connectivity index (χ1n) is 12.6. The van der Waals surface area contributed by atoms with Crippen molar-refractivity contribution in [3.8, 4) is 5.75 Å². The van der Waals surface area contributed by atoms with Gasteiger partial charge in [-0.25, -0.2) is 14.6 Å². The second-order valence-electron chi connectivity index (χ2n) is 10.3. The van der Waals surface area contributed by atoms with Crippen LogP contribution < -0.4 is 16.1 Å². The van der Waals surface area contributed by atoms with Crippen LogP contribution in [0.3, 0.4) is 0 Å². The number of benzene rings is 2. The van der Waals surface area contributed by atoms with Gasteiger partial charge in [0.1, 0.15) is 17.2 Å². The molecular weight excluding hydrogens is 480 g/mol. The predicted molar refractivity (Wildman–Crippen MR) is 144 cm³/mol. The fourth-order valence-corrected chi connectivity index (χ4v) is 5.96. The summed E-state index contributed by atoms with van der Waals surface area (Å²) in [5, 5.41) is 0.800. The SMILES string of the molecule is CC=C(C)C(=O)OC1(C)Cc2ccccc2C(c2ccc(N)nc2)C12Cc1cc3ccc(=O)oc3cc1O2. The Kier molecular flexibility index (Phi) is 5.42. The lowest BCUT2D eigenvalue weighted by molar-refractivity contribution is -0.184. The second kappa shape index (κ2) is 8.58. The van der Waals surface area contributed by atoms with Crippen LogP contribution in [0.15, 0.2) is 87.7 Å². The molecule has 0 fully saturated rings. The quantitative estimate of drug-likeness (QED) is 0.233. The molecule has 3 atom stereocenters. The van der Waals surface area contributed by atoms with Crippen LogP contribution in [0.25, 0.3) is 11.0 Å². The molecule has 38 heavy (non-hydrogen) atoms. The molecule has 0 radical (unpaired) electrons. The smallest absolute Gasteiger partial charge is 0.336 e. The van der Waals surface area contributed by atoms with Crippen LogP contribution in [0.2, 0.25) is 0 Å². The molecule has 0 saturated heterocycles. The molecule has 1 spiro atoms. The van der Waals surface area contributed by atoms with E-state index >= 15 is 0 Å². The molecule has 6 rings (SSSR count). The summed E-state index contributed by atoms with van der Waals surface area (Å²) in [5.41, 5.74) is 8.43. The van der Waals surface area contributed by atoms with Crippen LogP contribution in [0.5, 0.6) is 5.75 Å². The summed E-state index contributed by atoms with van der Waals surface area (Å²) in [7, 11) is 0. The topological polar surface area (TPSA) is 105 Å². The molecule has 7 nitrogen and oxygen atoms in total. The van der Waals surface area contributed by atoms with Crippen molar-refractivity contribution in [2.75, 3.05) is 5.73 Å². The molecule has 192 valence electrons. The molecule has 3 heterocycles. The zero-order valence-corrected chi connectivity index (χ0v) is 21.5. The highest BCUT2D eigenvalue weighted by Crippen LogP contribution is 2.57. The molecule has 2 aliphatic rings. The van der Waals surface area contributed by atoms with Crippen LogP contribution in [0.4, 0.5) is 5.82 Å². The van der Waals surface area contributed by atoms with Crippen molar-refractivity contribution in [1.29, 1.82) is 0 Å². The number of rotatable bonds is 3. The van der Waals surface area contributed by atoms with Gasteiger partial charge in [-0.3, -0.25) is 0 Å². The number of hydrogen-bond acceptors (Lipinski definition) is 7. The van der Waals surface area contributed by atoms with E-state index in [1.807, 2.05) is 38.1 Å². The zero-order chi connectivity index (χ0) is 26.7. The maximum Gasteiger partial charge on any atom is 0.336 e. The Morgan fingerprint density at radius 3 is 2.68 bits per heavy atom. The van der Waals surface area contributed by atoms with Crippen molar-refractivity contribution >= 4 is 22.8 Å². The highest BCUT2D eigenvalue weighted by atomic mass is 16.6. The van der Waals surface area contributed by atoms with Gasteiger partial charge >= 0.3 is 11.6 Å². The number of anilines is 1. The fourth-order valence-electron chi connectivity index (χ4n) is 5.96. The van der Waals surface area contributed by atoms with Crippen molar-refractivity contribution < 1.29 is 18.7 Å². The minimum atomic E-state index is -1.05. The Morgan fingerprint density at radius 2 is 1.92 bits per heavy atom. The van der Waals surface area contributed by atoms with Crippen molar-refractivity contribution in [2.24, 2.45) is 0 Å². The van der Waals surface area contributed by atoms with Gasteiger partial charge in [0.05, 0.1) is 5.92 Å². The van der Waals surface area contributed by atoms with E-state index in [-0.39, 0.29) is 5.92 Å². The lowest BCUT2D eigenvalue weighted by atomic mass is 9.60. The molecule has 4 aromatic rings. The minimum absolute atomic E-state index is 0.327. The van der Waals surface area contributed by atoms with E-state index in [1.54, 1.807) is 37.4 Å². The molecule has 0 amide bonds. The van der Waals surface area contributed by atoms with Crippen molar-refractivity contribution in [1.82, 2.24) is 4.98 Å². The van der Waals surface area contributed by atoms with Gasteiger partial charge in [-0.2, -0.15) is 0 Å². The molecule has 0 bridgehead atoms. The Labute approximate surface area is 219 Å². The van der Waals surface area contributed by atoms with E-state index in [1.165, 1.54) is 6.07 Å². The van der Waals surface area contributed by atoms with Gasteiger partial charge in [-0.05, 0) is 61.2 Å². The zero-order valence-electron chi connectivity index (χ0n) is 21.5. The van der Waals surface area contributed by atoms with Gasteiger partial charge in [0.25, 0.3) is 0 Å². The number of nitrogens with zero attached hydrogens (tertiary/aromatic N) is 1. The van der Waals surface area contributed by atoms with E-state index in [4.69, 9.17) is 19.6 Å². The number of nitrogen functional groups attached to an aromatic ring is 1. The predicted octanol–water partition coefficient (Wildman–Crippen LogP) is 5.10. The average molecular weight is 509 g/mol. The maximum absolute atomic E-state index is 13.3. The van der Waals surface area contributed by atoms with Gasteiger partial charge in [-0.1, -0.05) is 36.4 Å². The summed E-state index contributed by atoms with van der Waals surface area (Å²) in [6, 6.07) is 18.8. The highest BCUT2D eigenvalue weighted by Gasteiger charge is 2.64. The van der Waals surface area contributed by atoms with Gasteiger partial charge in [0, 0.05) is 42.1 Å². The molecule has 0 saturated carbocycles. The first-order valence-corrected chi connectivity index (χ1v) is 12.6. The number of carbonyl (C=O) groups is 1. The van der Waals surface area contributed by atoms with E-state index in [0.29, 0.717) is 35.6 Å². The molecule has 2 N–H and O–H groups in total. The lowest BCUT2D eigenvalue weighted by Crippen LogP contribution is -2.65. The van der Waals surface area contributed by atoms with Crippen molar-refractivity contribution in [2.45, 2.75) is 50.7 Å². The lowest BCUT2D eigenvalue weighted by Gasteiger charge is -2.52. The number of pyridine rings is 1. The number of allylic oxidation sites excluding steroid dienone is 1. The monoisotopic (exact) mass is 508 g/mol. The number of ether oxygens (including phenoxy) is 2. The Morgan fingerprint density at radius 1 is 1.11 bits per heavy atom. The number of esters is 1. The third kappa shape index (κ3) is 3.61. The van der Waals surface area contributed by atoms with Gasteiger partial charge in [0.2, 0.25) is 0 Å². The minimum Gasteiger partial charge on any atom is -0.481 e. The van der Waals surface area contributed by atoms with Gasteiger partial charge < -0.3 is 19.6 Å². The summed E-state index contributed by atoms with van der Waals surface area (Å²) < 4.78 is 18.8. The van der Waals surface area contributed by atoms with Gasteiger partial charge in [0.15, 0.2) is 11.2 Å². The molecule has 1 aliphatic heterocycles. The maximum atomic E-state index is 13.3. The highest BCUT2D eigenvalue weighted by molar-refractivity contribution is 5.88. The standard InChI is InChI=1S/C31H28N2O5/c1-4-18(2)29(35)38-30(3)15-20-7-5-6-8-23(20)28(21-9-11-26(32)33-17-21)31(30)16-22-13-19-10-12-27(34)36-24(19)14-25(22)37-31/h4-14,17,28H,15-16H2,1-3H3,(H2,32,33). The first kappa shape index (κ1) is 24.0. The second-order valence-corrected chi connectivity index (χ2v) is 10.3. The molecule has 2 aromatic carbocycles. The van der Waals surface area contributed by atoms with Gasteiger partial charge in [-0.15, -0.1) is 0 Å². The van der Waals surface area contributed by atoms with Crippen molar-refractivity contribution in [3.05, 3.63) is 111 Å². The average Bonchev–Trinajstić information content (AvgIpc) is 3.27. The number of hydrogen-bond donors (Lipinski definition) is 1. The van der Waals surface area contributed by atoms with Crippen LogP contribution in [0.1, 0.15) is 48.9 Å². The molecule has 7 heteroatoms. The molecule has 1 aliphatic carbocycles. The summed E-state index contributed by atoms with van der Waals surface area (Å²) in [5.74, 6) is 0.303. The largest absolute Gasteiger partial charge is 0.481 e. The number of aromatic nitrogens is 1. The summed E-state index contributed by atoms with van der Waals surface area (Å²) in [4.78, 5) is 29.6. The van der Waals surface area contributed by atoms with E-state index in [9.17, 15) is 9.59 Å². The molecular formula is C31H28N2O5. The van der Waals surface area contributed by atoms with Crippen LogP contribution in [0, 0.1) is 0 Å².